The van der Waals surface area contributed by atoms with Crippen LogP contribution in [0.3, 0.4) is 0 Å². The molecule has 0 radical (unpaired) electrons. The first-order valence-electron chi connectivity index (χ1n) is 4.27. The molecular weight excluding hydrogens is 235 g/mol. The Bertz CT molecular complexity index is 400. The highest BCUT2D eigenvalue weighted by atomic mass is 35.5. The molecule has 1 aromatic carbocycles. The molecule has 0 spiro atoms. The molecule has 0 unspecified atom stereocenters. The Labute approximate surface area is 98.4 Å². The molecule has 2 nitrogen and oxygen atoms in total. The molecule has 15 heavy (non-hydrogen) atoms. The summed E-state index contributed by atoms with van der Waals surface area (Å²) in [4.78, 5) is 11.0. The molecule has 0 N–H and O–H groups in total. The van der Waals surface area contributed by atoms with E-state index in [1.165, 1.54) is 6.92 Å². The SMILES string of the molecule is C=C(Cl)COc1ccc(C(C)=O)cc1Cl. The summed E-state index contributed by atoms with van der Waals surface area (Å²) in [5.41, 5.74) is 0.553. The topological polar surface area (TPSA) is 26.3 Å². The zero-order valence-corrected chi connectivity index (χ0v) is 9.73. The van der Waals surface area contributed by atoms with Gasteiger partial charge >= 0.3 is 0 Å². The lowest BCUT2D eigenvalue weighted by atomic mass is 10.1. The van der Waals surface area contributed by atoms with E-state index in [1.807, 2.05) is 0 Å². The van der Waals surface area contributed by atoms with E-state index in [2.05, 4.69) is 6.58 Å². The minimum atomic E-state index is -0.0368. The van der Waals surface area contributed by atoms with Crippen molar-refractivity contribution in [2.75, 3.05) is 6.61 Å². The largest absolute Gasteiger partial charge is 0.486 e. The minimum absolute atomic E-state index is 0.0368. The van der Waals surface area contributed by atoms with E-state index in [-0.39, 0.29) is 12.4 Å². The van der Waals surface area contributed by atoms with Gasteiger partial charge in [0.15, 0.2) is 5.78 Å². The van der Waals surface area contributed by atoms with Gasteiger partial charge in [-0.1, -0.05) is 29.8 Å². The molecule has 0 saturated heterocycles. The van der Waals surface area contributed by atoms with Gasteiger partial charge in [-0.2, -0.15) is 0 Å². The fourth-order valence-corrected chi connectivity index (χ4v) is 1.28. The number of ketones is 1. The van der Waals surface area contributed by atoms with E-state index in [0.717, 1.165) is 0 Å². The maximum absolute atomic E-state index is 11.0. The summed E-state index contributed by atoms with van der Waals surface area (Å²) in [5.74, 6) is 0.452. The fraction of sp³-hybridized carbons (Fsp3) is 0.182. The average molecular weight is 245 g/mol. The Morgan fingerprint density at radius 3 is 2.67 bits per heavy atom. The lowest BCUT2D eigenvalue weighted by molar-refractivity contribution is 0.101. The van der Waals surface area contributed by atoms with Gasteiger partial charge in [0.1, 0.15) is 12.4 Å². The number of benzene rings is 1. The molecule has 0 amide bonds. The van der Waals surface area contributed by atoms with Crippen LogP contribution in [0, 0.1) is 0 Å². The summed E-state index contributed by atoms with van der Waals surface area (Å²) in [6.45, 7) is 5.16. The average Bonchev–Trinajstić information content (AvgIpc) is 2.15. The van der Waals surface area contributed by atoms with Crippen molar-refractivity contribution in [3.8, 4) is 5.75 Å². The maximum Gasteiger partial charge on any atom is 0.159 e. The molecule has 80 valence electrons. The van der Waals surface area contributed by atoms with Crippen LogP contribution in [0.15, 0.2) is 29.8 Å². The first-order valence-corrected chi connectivity index (χ1v) is 5.03. The summed E-state index contributed by atoms with van der Waals surface area (Å²) < 4.78 is 5.26. The van der Waals surface area contributed by atoms with Gasteiger partial charge in [-0.15, -0.1) is 0 Å². The first-order chi connectivity index (χ1) is 7.00. The number of halogens is 2. The molecule has 4 heteroatoms. The van der Waals surface area contributed by atoms with Gasteiger partial charge in [0.05, 0.1) is 5.02 Å². The fourth-order valence-electron chi connectivity index (χ4n) is 0.993. The molecule has 0 aliphatic heterocycles. The summed E-state index contributed by atoms with van der Waals surface area (Å²) in [5, 5.41) is 0.780. The standard InChI is InChI=1S/C11H10Cl2O2/c1-7(12)6-15-11-4-3-9(8(2)14)5-10(11)13/h3-5H,1,6H2,2H3. The van der Waals surface area contributed by atoms with Crippen molar-refractivity contribution in [3.05, 3.63) is 40.4 Å². The number of carbonyl (C=O) groups is 1. The number of hydrogen-bond donors (Lipinski definition) is 0. The predicted molar refractivity (Wildman–Crippen MR) is 61.9 cm³/mol. The van der Waals surface area contributed by atoms with Crippen LogP contribution in [0.2, 0.25) is 5.02 Å². The number of hydrogen-bond acceptors (Lipinski definition) is 2. The van der Waals surface area contributed by atoms with Crippen molar-refractivity contribution >= 4 is 29.0 Å². The van der Waals surface area contributed by atoms with Gasteiger partial charge < -0.3 is 4.74 Å². The van der Waals surface area contributed by atoms with Crippen LogP contribution in [0.5, 0.6) is 5.75 Å². The van der Waals surface area contributed by atoms with E-state index >= 15 is 0 Å². The molecule has 0 aliphatic rings. The molecule has 0 aromatic heterocycles. The molecule has 0 bridgehead atoms. The van der Waals surface area contributed by atoms with Gasteiger partial charge in [-0.3, -0.25) is 4.79 Å². The molecule has 1 rings (SSSR count). The molecule has 0 aliphatic carbocycles. The van der Waals surface area contributed by atoms with Crippen molar-refractivity contribution < 1.29 is 9.53 Å². The summed E-state index contributed by atoms with van der Waals surface area (Å²) >= 11 is 11.5. The van der Waals surface area contributed by atoms with Crippen LogP contribution in [-0.4, -0.2) is 12.4 Å². The third-order valence-electron chi connectivity index (χ3n) is 1.72. The van der Waals surface area contributed by atoms with Crippen molar-refractivity contribution in [1.29, 1.82) is 0 Å². The second-order valence-electron chi connectivity index (χ2n) is 3.01. The molecule has 1 aromatic rings. The van der Waals surface area contributed by atoms with Crippen LogP contribution in [0.1, 0.15) is 17.3 Å². The van der Waals surface area contributed by atoms with Crippen molar-refractivity contribution in [2.24, 2.45) is 0 Å². The van der Waals surface area contributed by atoms with E-state index in [0.29, 0.717) is 21.4 Å². The van der Waals surface area contributed by atoms with Gasteiger partial charge in [-0.05, 0) is 25.1 Å². The highest BCUT2D eigenvalue weighted by Crippen LogP contribution is 2.26. The van der Waals surface area contributed by atoms with Crippen LogP contribution in [0.4, 0.5) is 0 Å². The molecule has 0 heterocycles. The third-order valence-corrected chi connectivity index (χ3v) is 2.13. The molecule has 0 saturated carbocycles. The van der Waals surface area contributed by atoms with E-state index in [1.54, 1.807) is 18.2 Å². The smallest absolute Gasteiger partial charge is 0.159 e. The van der Waals surface area contributed by atoms with Crippen LogP contribution in [-0.2, 0) is 0 Å². The van der Waals surface area contributed by atoms with Crippen molar-refractivity contribution in [1.82, 2.24) is 0 Å². The monoisotopic (exact) mass is 244 g/mol. The Balaban J connectivity index is 2.83. The Kier molecular flexibility index (Phi) is 4.18. The normalized spacial score (nSPS) is 9.80. The van der Waals surface area contributed by atoms with Crippen molar-refractivity contribution in [2.45, 2.75) is 6.92 Å². The Hall–Kier alpha value is -0.990. The Morgan fingerprint density at radius 1 is 1.53 bits per heavy atom. The summed E-state index contributed by atoms with van der Waals surface area (Å²) in [7, 11) is 0. The number of carbonyl (C=O) groups excluding carboxylic acids is 1. The molecule has 0 fully saturated rings. The van der Waals surface area contributed by atoms with Gasteiger partial charge in [0.2, 0.25) is 0 Å². The van der Waals surface area contributed by atoms with Crippen LogP contribution >= 0.6 is 23.2 Å². The third kappa shape index (κ3) is 3.57. The second-order valence-corrected chi connectivity index (χ2v) is 3.95. The highest BCUT2D eigenvalue weighted by Gasteiger charge is 2.05. The number of rotatable bonds is 4. The predicted octanol–water partition coefficient (Wildman–Crippen LogP) is 3.67. The minimum Gasteiger partial charge on any atom is -0.486 e. The number of ether oxygens (including phenoxy) is 1. The van der Waals surface area contributed by atoms with Gasteiger partial charge in [0, 0.05) is 10.6 Å². The number of Topliss-reactive ketones (excluding diaryl/α,β-unsaturated/α-hetero) is 1. The van der Waals surface area contributed by atoms with Crippen molar-refractivity contribution in [3.63, 3.8) is 0 Å². The highest BCUT2D eigenvalue weighted by molar-refractivity contribution is 6.32. The first kappa shape index (κ1) is 12.1. The zero-order valence-electron chi connectivity index (χ0n) is 8.22. The van der Waals surface area contributed by atoms with E-state index in [4.69, 9.17) is 27.9 Å². The lowest BCUT2D eigenvalue weighted by Gasteiger charge is -2.07. The second kappa shape index (κ2) is 5.19. The maximum atomic E-state index is 11.0. The quantitative estimate of drug-likeness (QED) is 0.756. The lowest BCUT2D eigenvalue weighted by Crippen LogP contribution is -1.98. The zero-order chi connectivity index (χ0) is 11.4. The Morgan fingerprint density at radius 2 is 2.20 bits per heavy atom. The molecular formula is C11H10Cl2O2. The van der Waals surface area contributed by atoms with E-state index in [9.17, 15) is 4.79 Å². The van der Waals surface area contributed by atoms with E-state index < -0.39 is 0 Å². The van der Waals surface area contributed by atoms with Gasteiger partial charge in [-0.25, -0.2) is 0 Å². The van der Waals surface area contributed by atoms with Crippen LogP contribution in [0.25, 0.3) is 0 Å². The summed E-state index contributed by atoms with van der Waals surface area (Å²) in [6.07, 6.45) is 0. The van der Waals surface area contributed by atoms with Crippen LogP contribution < -0.4 is 4.74 Å². The molecule has 0 atom stereocenters. The van der Waals surface area contributed by atoms with Gasteiger partial charge in [0.25, 0.3) is 0 Å². The summed E-state index contributed by atoms with van der Waals surface area (Å²) in [6, 6.07) is 4.86.